The Morgan fingerprint density at radius 3 is 1.45 bits per heavy atom. The summed E-state index contributed by atoms with van der Waals surface area (Å²) >= 11 is 6.64. The van der Waals surface area contributed by atoms with Gasteiger partial charge in [0, 0.05) is 13.1 Å². The molecule has 0 aromatic carbocycles. The molecule has 0 bridgehead atoms. The number of rotatable bonds is 11. The molecule has 4 nitrogen and oxygen atoms in total. The van der Waals surface area contributed by atoms with Crippen molar-refractivity contribution in [1.82, 2.24) is 10.6 Å². The normalized spacial score (nSPS) is 13.6. The van der Waals surface area contributed by atoms with Gasteiger partial charge in [-0.15, -0.1) is 0 Å². The van der Waals surface area contributed by atoms with Gasteiger partial charge in [0.15, 0.2) is 0 Å². The monoisotopic (exact) mass is 412 g/mol. The van der Waals surface area contributed by atoms with Gasteiger partial charge in [-0.2, -0.15) is 0 Å². The Labute approximate surface area is 139 Å². The number of halogens is 2. The average Bonchev–Trinajstić information content (AvgIpc) is 2.47. The molecule has 2 atom stereocenters. The Kier molecular flexibility index (Phi) is 12.6. The van der Waals surface area contributed by atoms with Gasteiger partial charge in [0.25, 0.3) is 0 Å². The summed E-state index contributed by atoms with van der Waals surface area (Å²) in [6.45, 7) is 5.41. The molecule has 0 spiro atoms. The van der Waals surface area contributed by atoms with E-state index in [4.69, 9.17) is 0 Å². The molecular weight excluding hydrogens is 388 g/mol. The van der Waals surface area contributed by atoms with E-state index in [2.05, 4.69) is 42.5 Å². The van der Waals surface area contributed by atoms with Crippen molar-refractivity contribution in [2.75, 3.05) is 13.1 Å². The van der Waals surface area contributed by atoms with Crippen molar-refractivity contribution in [2.45, 2.75) is 62.0 Å². The molecule has 0 unspecified atom stereocenters. The first-order valence-corrected chi connectivity index (χ1v) is 9.19. The predicted octanol–water partition coefficient (Wildman–Crippen LogP) is 3.13. The molecule has 0 radical (unpaired) electrons. The number of hydrogen-bond acceptors (Lipinski definition) is 2. The SMILES string of the molecule is CC[C@H](Br)C(=O)NCCCCCCNC(=O)[C@@H](Br)CC. The van der Waals surface area contributed by atoms with Gasteiger partial charge in [0.2, 0.25) is 11.8 Å². The third-order valence-corrected chi connectivity index (χ3v) is 5.11. The van der Waals surface area contributed by atoms with E-state index in [-0.39, 0.29) is 21.5 Å². The Bertz CT molecular complexity index is 260. The number of alkyl halides is 2. The van der Waals surface area contributed by atoms with E-state index in [9.17, 15) is 9.59 Å². The van der Waals surface area contributed by atoms with Gasteiger partial charge in [-0.05, 0) is 25.7 Å². The number of carbonyl (C=O) groups excluding carboxylic acids is 2. The number of unbranched alkanes of at least 4 members (excludes halogenated alkanes) is 3. The van der Waals surface area contributed by atoms with Crippen molar-refractivity contribution >= 4 is 43.7 Å². The van der Waals surface area contributed by atoms with Gasteiger partial charge in [0.05, 0.1) is 9.65 Å². The van der Waals surface area contributed by atoms with Gasteiger partial charge in [-0.25, -0.2) is 0 Å². The number of amides is 2. The summed E-state index contributed by atoms with van der Waals surface area (Å²) in [5.41, 5.74) is 0. The lowest BCUT2D eigenvalue weighted by Gasteiger charge is -2.09. The summed E-state index contributed by atoms with van der Waals surface area (Å²) in [5, 5.41) is 5.81. The lowest BCUT2D eigenvalue weighted by molar-refractivity contribution is -0.121. The van der Waals surface area contributed by atoms with Crippen LogP contribution < -0.4 is 10.6 Å². The minimum absolute atomic E-state index is 0.0719. The maximum atomic E-state index is 11.5. The first kappa shape index (κ1) is 19.9. The molecule has 2 N–H and O–H groups in total. The fraction of sp³-hybridized carbons (Fsp3) is 0.857. The molecule has 0 aromatic rings. The van der Waals surface area contributed by atoms with Crippen LogP contribution in [0.15, 0.2) is 0 Å². The first-order valence-electron chi connectivity index (χ1n) is 7.36. The molecule has 0 aliphatic rings. The van der Waals surface area contributed by atoms with E-state index in [1.807, 2.05) is 13.8 Å². The second kappa shape index (κ2) is 12.6. The van der Waals surface area contributed by atoms with E-state index in [1.54, 1.807) is 0 Å². The maximum absolute atomic E-state index is 11.5. The Balaban J connectivity index is 3.37. The largest absolute Gasteiger partial charge is 0.355 e. The quantitative estimate of drug-likeness (QED) is 0.403. The third-order valence-electron chi connectivity index (χ3n) is 2.99. The summed E-state index contributed by atoms with van der Waals surface area (Å²) in [4.78, 5) is 22.8. The van der Waals surface area contributed by atoms with Gasteiger partial charge < -0.3 is 10.6 Å². The Morgan fingerprint density at radius 1 is 0.800 bits per heavy atom. The Morgan fingerprint density at radius 2 is 1.15 bits per heavy atom. The van der Waals surface area contributed by atoms with Crippen LogP contribution in [0.2, 0.25) is 0 Å². The third kappa shape index (κ3) is 9.75. The fourth-order valence-electron chi connectivity index (χ4n) is 1.62. The highest BCUT2D eigenvalue weighted by molar-refractivity contribution is 9.10. The molecule has 0 saturated carbocycles. The molecular formula is C14H26Br2N2O2. The molecule has 0 aliphatic carbocycles. The topological polar surface area (TPSA) is 58.2 Å². The molecule has 0 heterocycles. The van der Waals surface area contributed by atoms with Gasteiger partial charge in [-0.3, -0.25) is 9.59 Å². The lowest BCUT2D eigenvalue weighted by atomic mass is 10.2. The number of nitrogens with one attached hydrogen (secondary N) is 2. The molecule has 0 fully saturated rings. The number of hydrogen-bond donors (Lipinski definition) is 2. The molecule has 0 saturated heterocycles. The van der Waals surface area contributed by atoms with Crippen molar-refractivity contribution < 1.29 is 9.59 Å². The molecule has 6 heteroatoms. The van der Waals surface area contributed by atoms with E-state index in [0.717, 1.165) is 51.6 Å². The van der Waals surface area contributed by atoms with E-state index < -0.39 is 0 Å². The summed E-state index contributed by atoms with van der Waals surface area (Å²) in [7, 11) is 0. The second-order valence-corrected chi connectivity index (χ2v) is 6.96. The van der Waals surface area contributed by atoms with Gasteiger partial charge in [-0.1, -0.05) is 58.5 Å². The average molecular weight is 414 g/mol. The molecule has 2 amide bonds. The first-order chi connectivity index (χ1) is 9.52. The summed E-state index contributed by atoms with van der Waals surface area (Å²) in [6, 6.07) is 0. The van der Waals surface area contributed by atoms with E-state index in [0.29, 0.717) is 0 Å². The van der Waals surface area contributed by atoms with Crippen molar-refractivity contribution in [1.29, 1.82) is 0 Å². The standard InChI is InChI=1S/C14H26Br2N2O2/c1-3-11(15)13(19)17-9-7-5-6-8-10-18-14(20)12(16)4-2/h11-12H,3-10H2,1-2H3,(H,17,19)(H,18,20)/t11-,12-/m0/s1. The summed E-state index contributed by atoms with van der Waals surface area (Å²) in [6.07, 6.45) is 5.72. The minimum Gasteiger partial charge on any atom is -0.355 e. The Hall–Kier alpha value is -0.100. The zero-order chi connectivity index (χ0) is 15.4. The van der Waals surface area contributed by atoms with Crippen LogP contribution in [0.3, 0.4) is 0 Å². The highest BCUT2D eigenvalue weighted by atomic mass is 79.9. The predicted molar refractivity (Wildman–Crippen MR) is 90.5 cm³/mol. The van der Waals surface area contributed by atoms with Crippen LogP contribution in [0.25, 0.3) is 0 Å². The lowest BCUT2D eigenvalue weighted by Crippen LogP contribution is -2.31. The zero-order valence-electron chi connectivity index (χ0n) is 12.4. The zero-order valence-corrected chi connectivity index (χ0v) is 15.6. The number of carbonyl (C=O) groups is 2. The van der Waals surface area contributed by atoms with Crippen molar-refractivity contribution in [2.24, 2.45) is 0 Å². The smallest absolute Gasteiger partial charge is 0.233 e. The van der Waals surface area contributed by atoms with Crippen molar-refractivity contribution in [3.8, 4) is 0 Å². The van der Waals surface area contributed by atoms with Crippen LogP contribution in [0, 0.1) is 0 Å². The minimum atomic E-state index is -0.0755. The second-order valence-electron chi connectivity index (χ2n) is 4.75. The molecule has 0 aromatic heterocycles. The van der Waals surface area contributed by atoms with Crippen LogP contribution in [0.1, 0.15) is 52.4 Å². The summed E-state index contributed by atoms with van der Waals surface area (Å²) < 4.78 is 0. The van der Waals surface area contributed by atoms with E-state index in [1.165, 1.54) is 0 Å². The maximum Gasteiger partial charge on any atom is 0.233 e. The summed E-state index contributed by atoms with van der Waals surface area (Å²) in [5.74, 6) is 0.144. The van der Waals surface area contributed by atoms with E-state index >= 15 is 0 Å². The van der Waals surface area contributed by atoms with Gasteiger partial charge in [0.1, 0.15) is 0 Å². The molecule has 20 heavy (non-hydrogen) atoms. The van der Waals surface area contributed by atoms with Crippen LogP contribution in [0.5, 0.6) is 0 Å². The highest BCUT2D eigenvalue weighted by Gasteiger charge is 2.11. The molecule has 0 aliphatic heterocycles. The highest BCUT2D eigenvalue weighted by Crippen LogP contribution is 2.05. The fourth-order valence-corrected chi connectivity index (χ4v) is 1.94. The van der Waals surface area contributed by atoms with Crippen LogP contribution in [0.4, 0.5) is 0 Å². The van der Waals surface area contributed by atoms with Crippen LogP contribution in [-0.2, 0) is 9.59 Å². The molecule has 0 rings (SSSR count). The van der Waals surface area contributed by atoms with Crippen molar-refractivity contribution in [3.05, 3.63) is 0 Å². The van der Waals surface area contributed by atoms with Crippen LogP contribution >= 0.6 is 31.9 Å². The molecule has 118 valence electrons. The van der Waals surface area contributed by atoms with Gasteiger partial charge >= 0.3 is 0 Å². The van der Waals surface area contributed by atoms with Crippen molar-refractivity contribution in [3.63, 3.8) is 0 Å². The van der Waals surface area contributed by atoms with Crippen LogP contribution in [-0.4, -0.2) is 34.6 Å².